The molecule has 0 aliphatic carbocycles. The average molecular weight is 349 g/mol. The fraction of sp³-hybridized carbons (Fsp3) is 0.316. The molecule has 0 radical (unpaired) electrons. The van der Waals surface area contributed by atoms with Gasteiger partial charge in [-0.3, -0.25) is 4.79 Å². The van der Waals surface area contributed by atoms with Crippen molar-refractivity contribution in [1.29, 1.82) is 0 Å². The van der Waals surface area contributed by atoms with Gasteiger partial charge in [-0.15, -0.1) is 11.8 Å². The van der Waals surface area contributed by atoms with Gasteiger partial charge < -0.3 is 5.32 Å². The molecule has 0 saturated heterocycles. The van der Waals surface area contributed by atoms with Gasteiger partial charge in [-0.1, -0.05) is 37.3 Å². The Labute approximate surface area is 145 Å². The van der Waals surface area contributed by atoms with Crippen molar-refractivity contribution in [3.05, 3.63) is 65.7 Å². The van der Waals surface area contributed by atoms with Crippen molar-refractivity contribution in [3.8, 4) is 0 Å². The van der Waals surface area contributed by atoms with Crippen LogP contribution in [0.2, 0.25) is 0 Å². The molecule has 0 unspecified atom stereocenters. The molecule has 5 heteroatoms. The van der Waals surface area contributed by atoms with E-state index in [1.807, 2.05) is 30.3 Å². The van der Waals surface area contributed by atoms with Crippen LogP contribution in [0.3, 0.4) is 0 Å². The van der Waals surface area contributed by atoms with Gasteiger partial charge in [0.05, 0.1) is 5.25 Å². The molecule has 24 heavy (non-hydrogen) atoms. The second-order valence-corrected chi connectivity index (χ2v) is 6.98. The lowest BCUT2D eigenvalue weighted by Crippen LogP contribution is -2.34. The summed E-state index contributed by atoms with van der Waals surface area (Å²) in [6.45, 7) is 4.29. The summed E-state index contributed by atoms with van der Waals surface area (Å²) >= 11 is 1.02. The van der Waals surface area contributed by atoms with Gasteiger partial charge in [0.1, 0.15) is 11.6 Å². The van der Waals surface area contributed by atoms with Gasteiger partial charge in [-0.05, 0) is 37.1 Å². The molecule has 128 valence electrons. The maximum atomic E-state index is 13.7. The van der Waals surface area contributed by atoms with Crippen LogP contribution in [-0.4, -0.2) is 17.7 Å². The monoisotopic (exact) mass is 349 g/mol. The molecular weight excluding hydrogens is 328 g/mol. The van der Waals surface area contributed by atoms with E-state index in [0.717, 1.165) is 36.4 Å². The average Bonchev–Trinajstić information content (AvgIpc) is 2.59. The van der Waals surface area contributed by atoms with Gasteiger partial charge in [0, 0.05) is 17.4 Å². The van der Waals surface area contributed by atoms with Crippen LogP contribution in [0.5, 0.6) is 0 Å². The summed E-state index contributed by atoms with van der Waals surface area (Å²) < 4.78 is 26.9. The van der Waals surface area contributed by atoms with E-state index in [1.54, 1.807) is 6.92 Å². The molecule has 1 amide bonds. The fourth-order valence-corrected chi connectivity index (χ4v) is 3.33. The lowest BCUT2D eigenvalue weighted by molar-refractivity contribution is -0.120. The third-order valence-corrected chi connectivity index (χ3v) is 4.99. The van der Waals surface area contributed by atoms with Crippen LogP contribution < -0.4 is 5.32 Å². The molecule has 2 nitrogen and oxygen atoms in total. The molecule has 0 aliphatic heterocycles. The van der Waals surface area contributed by atoms with Crippen molar-refractivity contribution < 1.29 is 13.6 Å². The second-order valence-electron chi connectivity index (χ2n) is 5.60. The van der Waals surface area contributed by atoms with E-state index in [1.165, 1.54) is 5.56 Å². The molecule has 0 heterocycles. The summed E-state index contributed by atoms with van der Waals surface area (Å²) in [7, 11) is 0. The minimum Gasteiger partial charge on any atom is -0.355 e. The van der Waals surface area contributed by atoms with E-state index in [4.69, 9.17) is 0 Å². The SMILES string of the molecule is CC[C@H](CNC(=O)[C@@H](C)Sc1cc(F)ccc1F)c1ccccc1. The lowest BCUT2D eigenvalue weighted by Gasteiger charge is -2.18. The quantitative estimate of drug-likeness (QED) is 0.731. The van der Waals surface area contributed by atoms with Gasteiger partial charge >= 0.3 is 0 Å². The first-order chi connectivity index (χ1) is 11.5. The predicted molar refractivity (Wildman–Crippen MR) is 94.2 cm³/mol. The van der Waals surface area contributed by atoms with E-state index in [9.17, 15) is 13.6 Å². The molecule has 1 N–H and O–H groups in total. The van der Waals surface area contributed by atoms with Crippen LogP contribution in [0, 0.1) is 11.6 Å². The highest BCUT2D eigenvalue weighted by molar-refractivity contribution is 8.00. The smallest absolute Gasteiger partial charge is 0.233 e. The van der Waals surface area contributed by atoms with Crippen LogP contribution in [0.1, 0.15) is 31.7 Å². The van der Waals surface area contributed by atoms with Crippen molar-refractivity contribution in [2.75, 3.05) is 6.54 Å². The standard InChI is InChI=1S/C19H21F2NOS/c1-3-14(15-7-5-4-6-8-15)12-22-19(23)13(2)24-18-11-16(20)9-10-17(18)21/h4-11,13-14H,3,12H2,1-2H3,(H,22,23)/t13-,14-/m1/s1. The highest BCUT2D eigenvalue weighted by atomic mass is 32.2. The van der Waals surface area contributed by atoms with Crippen LogP contribution >= 0.6 is 11.8 Å². The first-order valence-electron chi connectivity index (χ1n) is 7.95. The van der Waals surface area contributed by atoms with Crippen molar-refractivity contribution >= 4 is 17.7 Å². The minimum absolute atomic E-state index is 0.146. The molecule has 0 saturated carbocycles. The summed E-state index contributed by atoms with van der Waals surface area (Å²) in [5.74, 6) is -0.977. The Kier molecular flexibility index (Phi) is 6.79. The Hall–Kier alpha value is -1.88. The summed E-state index contributed by atoms with van der Waals surface area (Å²) in [6.07, 6.45) is 0.907. The first kappa shape index (κ1) is 18.5. The van der Waals surface area contributed by atoms with Crippen molar-refractivity contribution in [1.82, 2.24) is 5.32 Å². The van der Waals surface area contributed by atoms with Crippen LogP contribution in [-0.2, 0) is 4.79 Å². The topological polar surface area (TPSA) is 29.1 Å². The number of benzene rings is 2. The normalized spacial score (nSPS) is 13.3. The Bertz CT molecular complexity index is 678. The van der Waals surface area contributed by atoms with Gasteiger partial charge in [-0.25, -0.2) is 8.78 Å². The van der Waals surface area contributed by atoms with E-state index in [-0.39, 0.29) is 16.7 Å². The molecule has 2 aromatic carbocycles. The zero-order valence-corrected chi connectivity index (χ0v) is 14.6. The van der Waals surface area contributed by atoms with Crippen LogP contribution in [0.25, 0.3) is 0 Å². The van der Waals surface area contributed by atoms with Gasteiger partial charge in [-0.2, -0.15) is 0 Å². The molecular formula is C19H21F2NOS. The Balaban J connectivity index is 1.92. The molecule has 2 atom stereocenters. The summed E-state index contributed by atoms with van der Waals surface area (Å²) in [4.78, 5) is 12.4. The zero-order valence-electron chi connectivity index (χ0n) is 13.8. The maximum absolute atomic E-state index is 13.7. The summed E-state index contributed by atoms with van der Waals surface area (Å²) in [5.41, 5.74) is 1.18. The summed E-state index contributed by atoms with van der Waals surface area (Å²) in [6, 6.07) is 13.3. The van der Waals surface area contributed by atoms with Gasteiger partial charge in [0.2, 0.25) is 5.91 Å². The molecule has 0 aromatic heterocycles. The number of halogens is 2. The molecule has 0 fully saturated rings. The zero-order chi connectivity index (χ0) is 17.5. The van der Waals surface area contributed by atoms with Crippen LogP contribution in [0.4, 0.5) is 8.78 Å². The molecule has 2 aromatic rings. The van der Waals surface area contributed by atoms with Gasteiger partial charge in [0.25, 0.3) is 0 Å². The third kappa shape index (κ3) is 5.06. The van der Waals surface area contributed by atoms with Crippen molar-refractivity contribution in [2.24, 2.45) is 0 Å². The highest BCUT2D eigenvalue weighted by Gasteiger charge is 2.18. The number of carbonyl (C=O) groups is 1. The second kappa shape index (κ2) is 8.83. The fourth-order valence-electron chi connectivity index (χ4n) is 2.40. The third-order valence-electron chi connectivity index (χ3n) is 3.85. The number of hydrogen-bond acceptors (Lipinski definition) is 2. The Morgan fingerprint density at radius 1 is 1.17 bits per heavy atom. The van der Waals surface area contributed by atoms with E-state index in [0.29, 0.717) is 6.54 Å². The number of nitrogens with one attached hydrogen (secondary N) is 1. The lowest BCUT2D eigenvalue weighted by atomic mass is 9.96. The van der Waals surface area contributed by atoms with E-state index >= 15 is 0 Å². The van der Waals surface area contributed by atoms with E-state index < -0.39 is 16.9 Å². The minimum atomic E-state index is -0.517. The van der Waals surface area contributed by atoms with E-state index in [2.05, 4.69) is 12.2 Å². The number of amides is 1. The maximum Gasteiger partial charge on any atom is 0.233 e. The number of carbonyl (C=O) groups excluding carboxylic acids is 1. The van der Waals surface area contributed by atoms with Crippen molar-refractivity contribution in [2.45, 2.75) is 36.3 Å². The van der Waals surface area contributed by atoms with Crippen molar-refractivity contribution in [3.63, 3.8) is 0 Å². The first-order valence-corrected chi connectivity index (χ1v) is 8.83. The molecule has 0 spiro atoms. The molecule has 0 bridgehead atoms. The Morgan fingerprint density at radius 3 is 2.54 bits per heavy atom. The molecule has 2 rings (SSSR count). The Morgan fingerprint density at radius 2 is 1.88 bits per heavy atom. The van der Waals surface area contributed by atoms with Crippen LogP contribution in [0.15, 0.2) is 53.4 Å². The summed E-state index contributed by atoms with van der Waals surface area (Å²) in [5, 5.41) is 2.41. The molecule has 0 aliphatic rings. The predicted octanol–water partition coefficient (Wildman–Crippen LogP) is 4.76. The highest BCUT2D eigenvalue weighted by Crippen LogP contribution is 2.27. The van der Waals surface area contributed by atoms with Gasteiger partial charge in [0.15, 0.2) is 0 Å². The largest absolute Gasteiger partial charge is 0.355 e. The number of thioether (sulfide) groups is 1. The number of rotatable bonds is 7. The number of hydrogen-bond donors (Lipinski definition) is 1.